The summed E-state index contributed by atoms with van der Waals surface area (Å²) in [6, 6.07) is 14.9. The Kier molecular flexibility index (Phi) is 3.02. The molecule has 2 rings (SSSR count). The summed E-state index contributed by atoms with van der Waals surface area (Å²) in [6.07, 6.45) is 1.23. The Balaban J connectivity index is 2.46. The number of benzene rings is 2. The molecular formula is C14H16O. The van der Waals surface area contributed by atoms with Crippen LogP contribution in [0.25, 0.3) is 10.8 Å². The third kappa shape index (κ3) is 2.02. The van der Waals surface area contributed by atoms with E-state index in [1.807, 2.05) is 0 Å². The van der Waals surface area contributed by atoms with Crippen LogP contribution < -0.4 is 0 Å². The van der Waals surface area contributed by atoms with Crippen LogP contribution in [0.4, 0.5) is 0 Å². The van der Waals surface area contributed by atoms with Gasteiger partial charge in [0.2, 0.25) is 0 Å². The van der Waals surface area contributed by atoms with Crippen LogP contribution in [0.1, 0.15) is 25.0 Å². The largest absolute Gasteiger partial charge is 0.377 e. The average Bonchev–Trinajstić information content (AvgIpc) is 2.30. The molecule has 78 valence electrons. The highest BCUT2D eigenvalue weighted by Gasteiger charge is 2.07. The van der Waals surface area contributed by atoms with Crippen LogP contribution in [0, 0.1) is 0 Å². The molecule has 0 spiro atoms. The molecule has 1 nitrogen and oxygen atoms in total. The second-order valence-corrected chi connectivity index (χ2v) is 3.74. The fourth-order valence-corrected chi connectivity index (χ4v) is 1.95. The van der Waals surface area contributed by atoms with Gasteiger partial charge in [0.15, 0.2) is 0 Å². The van der Waals surface area contributed by atoms with Crippen molar-refractivity contribution < 1.29 is 4.74 Å². The molecule has 0 aliphatic heterocycles. The lowest BCUT2D eigenvalue weighted by Gasteiger charge is -2.13. The highest BCUT2D eigenvalue weighted by atomic mass is 16.5. The maximum atomic E-state index is 5.43. The third-order valence-corrected chi connectivity index (χ3v) is 2.80. The summed E-state index contributed by atoms with van der Waals surface area (Å²) in [5, 5.41) is 2.57. The van der Waals surface area contributed by atoms with Gasteiger partial charge in [-0.15, -0.1) is 0 Å². The number of methoxy groups -OCH3 is 1. The highest BCUT2D eigenvalue weighted by molar-refractivity contribution is 5.83. The summed E-state index contributed by atoms with van der Waals surface area (Å²) in [5.41, 5.74) is 1.26. The minimum atomic E-state index is 0.217. The van der Waals surface area contributed by atoms with Crippen LogP contribution in [-0.4, -0.2) is 7.11 Å². The maximum absolute atomic E-state index is 5.43. The average molecular weight is 200 g/mol. The Bertz CT molecular complexity index is 444. The second-order valence-electron chi connectivity index (χ2n) is 3.74. The Hall–Kier alpha value is -1.34. The van der Waals surface area contributed by atoms with Crippen molar-refractivity contribution in [1.82, 2.24) is 0 Å². The zero-order valence-corrected chi connectivity index (χ0v) is 9.23. The molecule has 1 atom stereocenters. The Morgan fingerprint density at radius 2 is 1.80 bits per heavy atom. The molecule has 0 aliphatic rings. The Labute approximate surface area is 90.7 Å². The fraction of sp³-hybridized carbons (Fsp3) is 0.286. The quantitative estimate of drug-likeness (QED) is 0.729. The van der Waals surface area contributed by atoms with E-state index in [2.05, 4.69) is 49.4 Å². The van der Waals surface area contributed by atoms with Gasteiger partial charge in [0.25, 0.3) is 0 Å². The van der Waals surface area contributed by atoms with E-state index in [-0.39, 0.29) is 6.10 Å². The number of ether oxygens (including phenoxy) is 1. The van der Waals surface area contributed by atoms with E-state index < -0.39 is 0 Å². The van der Waals surface area contributed by atoms with Crippen LogP contribution in [0.5, 0.6) is 0 Å². The van der Waals surface area contributed by atoms with Crippen molar-refractivity contribution in [2.45, 2.75) is 19.4 Å². The SMILES string of the molecule is CCC(OC)c1ccc2ccccc2c1. The zero-order valence-electron chi connectivity index (χ0n) is 9.23. The molecule has 2 aromatic rings. The van der Waals surface area contributed by atoms with E-state index in [0.29, 0.717) is 0 Å². The van der Waals surface area contributed by atoms with Crippen LogP contribution in [-0.2, 0) is 4.74 Å². The first kappa shape index (κ1) is 10.2. The summed E-state index contributed by atoms with van der Waals surface area (Å²) >= 11 is 0. The van der Waals surface area contributed by atoms with Crippen LogP contribution in [0.15, 0.2) is 42.5 Å². The molecule has 0 N–H and O–H groups in total. The molecule has 1 heteroatoms. The summed E-state index contributed by atoms with van der Waals surface area (Å²) in [5.74, 6) is 0. The molecule has 0 radical (unpaired) electrons. The van der Waals surface area contributed by atoms with Crippen LogP contribution in [0.3, 0.4) is 0 Å². The van der Waals surface area contributed by atoms with Crippen molar-refractivity contribution in [3.63, 3.8) is 0 Å². The summed E-state index contributed by atoms with van der Waals surface area (Å²) in [4.78, 5) is 0. The summed E-state index contributed by atoms with van der Waals surface area (Å²) in [7, 11) is 1.77. The standard InChI is InChI=1S/C14H16O/c1-3-14(15-2)13-9-8-11-6-4-5-7-12(11)10-13/h4-10,14H,3H2,1-2H3. The van der Waals surface area contributed by atoms with Gasteiger partial charge in [-0.3, -0.25) is 0 Å². The smallest absolute Gasteiger partial charge is 0.0818 e. The van der Waals surface area contributed by atoms with Crippen molar-refractivity contribution in [2.75, 3.05) is 7.11 Å². The minimum Gasteiger partial charge on any atom is -0.377 e. The molecule has 0 saturated carbocycles. The molecule has 0 amide bonds. The summed E-state index contributed by atoms with van der Waals surface area (Å²) < 4.78 is 5.43. The van der Waals surface area contributed by atoms with Crippen molar-refractivity contribution in [3.8, 4) is 0 Å². The van der Waals surface area contributed by atoms with E-state index in [1.165, 1.54) is 16.3 Å². The third-order valence-electron chi connectivity index (χ3n) is 2.80. The molecule has 0 saturated heterocycles. The van der Waals surface area contributed by atoms with Crippen molar-refractivity contribution in [3.05, 3.63) is 48.0 Å². The molecule has 1 unspecified atom stereocenters. The lowest BCUT2D eigenvalue weighted by molar-refractivity contribution is 0.100. The van der Waals surface area contributed by atoms with Crippen molar-refractivity contribution in [1.29, 1.82) is 0 Å². The van der Waals surface area contributed by atoms with E-state index in [1.54, 1.807) is 7.11 Å². The number of rotatable bonds is 3. The Morgan fingerprint density at radius 3 is 2.47 bits per heavy atom. The molecular weight excluding hydrogens is 184 g/mol. The minimum absolute atomic E-state index is 0.217. The number of hydrogen-bond acceptors (Lipinski definition) is 1. The van der Waals surface area contributed by atoms with Gasteiger partial charge in [-0.2, -0.15) is 0 Å². The molecule has 0 aliphatic carbocycles. The topological polar surface area (TPSA) is 9.23 Å². The number of hydrogen-bond donors (Lipinski definition) is 0. The van der Waals surface area contributed by atoms with E-state index >= 15 is 0 Å². The highest BCUT2D eigenvalue weighted by Crippen LogP contribution is 2.24. The van der Waals surface area contributed by atoms with Crippen molar-refractivity contribution in [2.24, 2.45) is 0 Å². The van der Waals surface area contributed by atoms with Gasteiger partial charge in [-0.1, -0.05) is 43.3 Å². The van der Waals surface area contributed by atoms with Crippen molar-refractivity contribution >= 4 is 10.8 Å². The predicted molar refractivity (Wildman–Crippen MR) is 64.0 cm³/mol. The van der Waals surface area contributed by atoms with Crippen LogP contribution in [0.2, 0.25) is 0 Å². The number of fused-ring (bicyclic) bond motifs is 1. The van der Waals surface area contributed by atoms with Gasteiger partial charge in [0, 0.05) is 7.11 Å². The van der Waals surface area contributed by atoms with Gasteiger partial charge in [-0.25, -0.2) is 0 Å². The monoisotopic (exact) mass is 200 g/mol. The van der Waals surface area contributed by atoms with Gasteiger partial charge < -0.3 is 4.74 Å². The van der Waals surface area contributed by atoms with Crippen LogP contribution >= 0.6 is 0 Å². The molecule has 0 fully saturated rings. The first-order valence-corrected chi connectivity index (χ1v) is 5.36. The second kappa shape index (κ2) is 4.45. The molecule has 0 heterocycles. The summed E-state index contributed by atoms with van der Waals surface area (Å²) in [6.45, 7) is 2.14. The normalized spacial score (nSPS) is 12.9. The predicted octanol–water partition coefficient (Wildman–Crippen LogP) is 3.94. The Morgan fingerprint density at radius 1 is 1.07 bits per heavy atom. The fourth-order valence-electron chi connectivity index (χ4n) is 1.95. The first-order chi connectivity index (χ1) is 7.35. The zero-order chi connectivity index (χ0) is 10.7. The van der Waals surface area contributed by atoms with E-state index in [9.17, 15) is 0 Å². The maximum Gasteiger partial charge on any atom is 0.0818 e. The lowest BCUT2D eigenvalue weighted by Crippen LogP contribution is -1.99. The molecule has 2 aromatic carbocycles. The lowest BCUT2D eigenvalue weighted by atomic mass is 10.0. The molecule has 15 heavy (non-hydrogen) atoms. The van der Waals surface area contributed by atoms with Gasteiger partial charge in [0.1, 0.15) is 0 Å². The van der Waals surface area contributed by atoms with E-state index in [0.717, 1.165) is 6.42 Å². The first-order valence-electron chi connectivity index (χ1n) is 5.36. The molecule has 0 aromatic heterocycles. The van der Waals surface area contributed by atoms with Gasteiger partial charge in [0.05, 0.1) is 6.10 Å². The molecule has 0 bridgehead atoms. The van der Waals surface area contributed by atoms with Gasteiger partial charge >= 0.3 is 0 Å². The van der Waals surface area contributed by atoms with Gasteiger partial charge in [-0.05, 0) is 28.8 Å². The van der Waals surface area contributed by atoms with E-state index in [4.69, 9.17) is 4.74 Å².